The zero-order valence-corrected chi connectivity index (χ0v) is 11.4. The van der Waals surface area contributed by atoms with Gasteiger partial charge in [0, 0.05) is 6.21 Å². The second-order valence-electron chi connectivity index (χ2n) is 3.34. The van der Waals surface area contributed by atoms with Crippen molar-refractivity contribution in [2.75, 3.05) is 12.3 Å². The topological polar surface area (TPSA) is 90.5 Å². The molecule has 0 aliphatic rings. The van der Waals surface area contributed by atoms with Crippen molar-refractivity contribution in [2.24, 2.45) is 10.9 Å². The molecule has 6 nitrogen and oxygen atoms in total. The van der Waals surface area contributed by atoms with Crippen molar-refractivity contribution < 1.29 is 9.53 Å². The lowest BCUT2D eigenvalue weighted by Crippen LogP contribution is -2.15. The van der Waals surface area contributed by atoms with Crippen LogP contribution in [0, 0.1) is 5.92 Å². The standard InChI is InChI=1S/C10H12Cl2N4O2/c1-3-18-9(17)5(2)4-14-6-7(11)15-10(12)16-8(6)13/h4-5H,3H2,1-2H3,(H2,13,15,16). The van der Waals surface area contributed by atoms with Crippen molar-refractivity contribution in [3.63, 3.8) is 0 Å². The van der Waals surface area contributed by atoms with Gasteiger partial charge in [-0.1, -0.05) is 11.6 Å². The summed E-state index contributed by atoms with van der Waals surface area (Å²) in [5.41, 5.74) is 5.77. The summed E-state index contributed by atoms with van der Waals surface area (Å²) < 4.78 is 4.82. The first-order valence-corrected chi connectivity index (χ1v) is 5.90. The number of nitrogens with zero attached hydrogens (tertiary/aromatic N) is 3. The number of aromatic nitrogens is 2. The van der Waals surface area contributed by atoms with Crippen LogP contribution in [0.5, 0.6) is 0 Å². The molecule has 2 N–H and O–H groups in total. The number of halogens is 2. The Labute approximate surface area is 114 Å². The fraction of sp³-hybridized carbons (Fsp3) is 0.400. The molecule has 1 atom stereocenters. The molecule has 0 bridgehead atoms. The molecule has 0 aliphatic heterocycles. The number of esters is 1. The van der Waals surface area contributed by atoms with Crippen molar-refractivity contribution in [3.8, 4) is 0 Å². The SMILES string of the molecule is CCOC(=O)C(C)C=Nc1c(N)nc(Cl)nc1Cl. The highest BCUT2D eigenvalue weighted by Crippen LogP contribution is 2.29. The third-order valence-electron chi connectivity index (χ3n) is 1.93. The average Bonchev–Trinajstić information content (AvgIpc) is 2.27. The highest BCUT2D eigenvalue weighted by molar-refractivity contribution is 6.34. The van der Waals surface area contributed by atoms with Crippen LogP contribution < -0.4 is 5.73 Å². The fourth-order valence-corrected chi connectivity index (χ4v) is 1.50. The number of nitrogens with two attached hydrogens (primary N) is 1. The van der Waals surface area contributed by atoms with Crippen LogP contribution in [-0.4, -0.2) is 28.8 Å². The van der Waals surface area contributed by atoms with Gasteiger partial charge in [-0.2, -0.15) is 4.98 Å². The Morgan fingerprint density at radius 1 is 1.56 bits per heavy atom. The van der Waals surface area contributed by atoms with Gasteiger partial charge in [0.05, 0.1) is 12.5 Å². The summed E-state index contributed by atoms with van der Waals surface area (Å²) in [6.07, 6.45) is 1.37. The molecular formula is C10H12Cl2N4O2. The molecule has 8 heteroatoms. The number of ether oxygens (including phenoxy) is 1. The molecule has 18 heavy (non-hydrogen) atoms. The highest BCUT2D eigenvalue weighted by atomic mass is 35.5. The van der Waals surface area contributed by atoms with Gasteiger partial charge in [0.2, 0.25) is 5.28 Å². The molecule has 98 valence electrons. The number of carbonyl (C=O) groups excluding carboxylic acids is 1. The summed E-state index contributed by atoms with van der Waals surface area (Å²) in [6.45, 7) is 3.68. The van der Waals surface area contributed by atoms with Crippen molar-refractivity contribution in [3.05, 3.63) is 10.4 Å². The Hall–Kier alpha value is -1.40. The van der Waals surface area contributed by atoms with E-state index in [1.165, 1.54) is 6.21 Å². The third-order valence-corrected chi connectivity index (χ3v) is 2.36. The summed E-state index contributed by atoms with van der Waals surface area (Å²) >= 11 is 11.4. The van der Waals surface area contributed by atoms with Gasteiger partial charge in [0.15, 0.2) is 11.0 Å². The first-order chi connectivity index (χ1) is 8.45. The number of hydrogen-bond donors (Lipinski definition) is 1. The van der Waals surface area contributed by atoms with Gasteiger partial charge in [0.25, 0.3) is 0 Å². The van der Waals surface area contributed by atoms with E-state index < -0.39 is 5.92 Å². The number of nitrogen functional groups attached to an aromatic ring is 1. The lowest BCUT2D eigenvalue weighted by molar-refractivity contribution is -0.144. The van der Waals surface area contributed by atoms with Crippen LogP contribution in [0.15, 0.2) is 4.99 Å². The van der Waals surface area contributed by atoms with Crippen molar-refractivity contribution in [1.82, 2.24) is 9.97 Å². The van der Waals surface area contributed by atoms with Gasteiger partial charge in [-0.15, -0.1) is 0 Å². The maximum absolute atomic E-state index is 11.4. The smallest absolute Gasteiger partial charge is 0.314 e. The van der Waals surface area contributed by atoms with Gasteiger partial charge in [0.1, 0.15) is 5.69 Å². The van der Waals surface area contributed by atoms with E-state index in [1.807, 2.05) is 0 Å². The Bertz CT molecular complexity index is 456. The summed E-state index contributed by atoms with van der Waals surface area (Å²) in [4.78, 5) is 22.8. The predicted molar refractivity (Wildman–Crippen MR) is 70.4 cm³/mol. The number of aliphatic imine (C=N–C) groups is 1. The molecule has 0 saturated heterocycles. The zero-order valence-electron chi connectivity index (χ0n) is 9.85. The first kappa shape index (κ1) is 14.7. The molecule has 0 saturated carbocycles. The van der Waals surface area contributed by atoms with Crippen LogP contribution in [0.2, 0.25) is 10.4 Å². The molecule has 1 rings (SSSR count). The first-order valence-electron chi connectivity index (χ1n) is 5.15. The molecule has 1 heterocycles. The molecule has 0 aromatic carbocycles. The van der Waals surface area contributed by atoms with Crippen molar-refractivity contribution >= 4 is 46.9 Å². The summed E-state index contributed by atoms with van der Waals surface area (Å²) in [6, 6.07) is 0. The molecule has 1 aromatic rings. The normalized spacial score (nSPS) is 12.7. The molecule has 0 spiro atoms. The van der Waals surface area contributed by atoms with Gasteiger partial charge in [-0.3, -0.25) is 9.79 Å². The largest absolute Gasteiger partial charge is 0.466 e. The monoisotopic (exact) mass is 290 g/mol. The summed E-state index contributed by atoms with van der Waals surface area (Å²) in [5, 5.41) is -0.0327. The van der Waals surface area contributed by atoms with E-state index in [2.05, 4.69) is 15.0 Å². The van der Waals surface area contributed by atoms with Crippen LogP contribution in [0.25, 0.3) is 0 Å². The molecule has 0 radical (unpaired) electrons. The quantitative estimate of drug-likeness (QED) is 0.397. The number of anilines is 1. The molecule has 0 fully saturated rings. The molecule has 1 aromatic heterocycles. The van der Waals surface area contributed by atoms with Gasteiger partial charge in [-0.25, -0.2) is 4.98 Å². The van der Waals surface area contributed by atoms with E-state index >= 15 is 0 Å². The van der Waals surface area contributed by atoms with Crippen LogP contribution >= 0.6 is 23.2 Å². The number of hydrogen-bond acceptors (Lipinski definition) is 6. The minimum atomic E-state index is -0.518. The van der Waals surface area contributed by atoms with E-state index in [1.54, 1.807) is 13.8 Å². The maximum Gasteiger partial charge on any atom is 0.314 e. The number of rotatable bonds is 4. The molecule has 1 unspecified atom stereocenters. The second kappa shape index (κ2) is 6.51. The van der Waals surface area contributed by atoms with Crippen LogP contribution in [-0.2, 0) is 9.53 Å². The minimum Gasteiger partial charge on any atom is -0.466 e. The summed E-state index contributed by atoms with van der Waals surface area (Å²) in [7, 11) is 0. The average molecular weight is 291 g/mol. The van der Waals surface area contributed by atoms with Gasteiger partial charge < -0.3 is 10.5 Å². The second-order valence-corrected chi connectivity index (χ2v) is 4.03. The fourth-order valence-electron chi connectivity index (χ4n) is 1.06. The van der Waals surface area contributed by atoms with Crippen LogP contribution in [0.3, 0.4) is 0 Å². The Morgan fingerprint density at radius 3 is 2.78 bits per heavy atom. The zero-order chi connectivity index (χ0) is 13.7. The Kier molecular flexibility index (Phi) is 5.30. The summed E-state index contributed by atoms with van der Waals surface area (Å²) in [5.74, 6) is -0.853. The molecular weight excluding hydrogens is 279 g/mol. The minimum absolute atomic E-state index is 0.0276. The van der Waals surface area contributed by atoms with Gasteiger partial charge >= 0.3 is 5.97 Å². The molecule has 0 aliphatic carbocycles. The van der Waals surface area contributed by atoms with E-state index in [4.69, 9.17) is 33.7 Å². The number of carbonyl (C=O) groups is 1. The van der Waals surface area contributed by atoms with E-state index in [9.17, 15) is 4.79 Å². The van der Waals surface area contributed by atoms with E-state index in [0.29, 0.717) is 6.61 Å². The Morgan fingerprint density at radius 2 is 2.22 bits per heavy atom. The van der Waals surface area contributed by atoms with Crippen LogP contribution in [0.4, 0.5) is 11.5 Å². The predicted octanol–water partition coefficient (Wildman–Crippen LogP) is 2.27. The van der Waals surface area contributed by atoms with Crippen molar-refractivity contribution in [1.29, 1.82) is 0 Å². The maximum atomic E-state index is 11.4. The highest BCUT2D eigenvalue weighted by Gasteiger charge is 2.13. The Balaban J connectivity index is 2.88. The van der Waals surface area contributed by atoms with Crippen LogP contribution in [0.1, 0.15) is 13.8 Å². The third kappa shape index (κ3) is 3.82. The van der Waals surface area contributed by atoms with E-state index in [0.717, 1.165) is 0 Å². The van der Waals surface area contributed by atoms with E-state index in [-0.39, 0.29) is 27.9 Å². The lowest BCUT2D eigenvalue weighted by atomic mass is 10.2. The van der Waals surface area contributed by atoms with Crippen molar-refractivity contribution in [2.45, 2.75) is 13.8 Å². The lowest BCUT2D eigenvalue weighted by Gasteiger charge is -2.05. The molecule has 0 amide bonds. The van der Waals surface area contributed by atoms with Gasteiger partial charge in [-0.05, 0) is 25.4 Å².